The molecule has 0 spiro atoms. The number of carbonyl (C=O) groups excluding carboxylic acids is 3. The van der Waals surface area contributed by atoms with Gasteiger partial charge in [0.1, 0.15) is 5.82 Å². The lowest BCUT2D eigenvalue weighted by Crippen LogP contribution is -2.28. The number of ether oxygens (including phenoxy) is 2. The van der Waals surface area contributed by atoms with Crippen molar-refractivity contribution in [2.75, 3.05) is 25.1 Å². The summed E-state index contributed by atoms with van der Waals surface area (Å²) >= 11 is 4.33. The van der Waals surface area contributed by atoms with E-state index in [0.29, 0.717) is 51.7 Å². The molecule has 0 unspecified atom stereocenters. The average molecular weight is 537 g/mol. The first-order valence-electron chi connectivity index (χ1n) is 10.2. The Kier molecular flexibility index (Phi) is 8.51. The second-order valence-corrected chi connectivity index (χ2v) is 8.79. The number of hydrogen-bond donors (Lipinski definition) is 1. The molecule has 0 saturated carbocycles. The van der Waals surface area contributed by atoms with Crippen LogP contribution in [-0.4, -0.2) is 41.7 Å². The molecule has 1 heterocycles. The molecule has 1 aliphatic heterocycles. The van der Waals surface area contributed by atoms with Crippen LogP contribution in [0.25, 0.3) is 6.08 Å². The Hall–Kier alpha value is -2.85. The Balaban J connectivity index is 1.75. The molecule has 0 bridgehead atoms. The Morgan fingerprint density at radius 2 is 1.91 bits per heavy atom. The molecular weight excluding hydrogens is 515 g/mol. The molecule has 0 atom stereocenters. The van der Waals surface area contributed by atoms with Crippen LogP contribution in [-0.2, 0) is 9.59 Å². The molecule has 33 heavy (non-hydrogen) atoms. The highest BCUT2D eigenvalue weighted by molar-refractivity contribution is 9.10. The van der Waals surface area contributed by atoms with E-state index in [1.807, 2.05) is 13.8 Å². The molecular formula is C23H22BrFN2O5S. The zero-order valence-electron chi connectivity index (χ0n) is 18.0. The van der Waals surface area contributed by atoms with Gasteiger partial charge in [-0.15, -0.1) is 0 Å². The Morgan fingerprint density at radius 1 is 1.18 bits per heavy atom. The summed E-state index contributed by atoms with van der Waals surface area (Å²) in [6.45, 7) is 4.13. The number of carbonyl (C=O) groups is 3. The molecule has 1 aliphatic rings. The van der Waals surface area contributed by atoms with Crippen molar-refractivity contribution < 1.29 is 28.2 Å². The molecule has 174 valence electrons. The SMILES string of the molecule is CCCN1C(=O)S/C(=C/c2cc(Br)c(OCC(=O)Nc3ccc(F)cc3)c(OCC)c2)C1=O. The number of halogens is 2. The van der Waals surface area contributed by atoms with Crippen molar-refractivity contribution in [3.8, 4) is 11.5 Å². The predicted molar refractivity (Wildman–Crippen MR) is 129 cm³/mol. The maximum Gasteiger partial charge on any atom is 0.293 e. The molecule has 0 aromatic heterocycles. The number of imide groups is 1. The summed E-state index contributed by atoms with van der Waals surface area (Å²) in [5.74, 6) is -0.448. The quantitative estimate of drug-likeness (QED) is 0.429. The minimum absolute atomic E-state index is 0.288. The van der Waals surface area contributed by atoms with Gasteiger partial charge < -0.3 is 14.8 Å². The maximum absolute atomic E-state index is 13.0. The van der Waals surface area contributed by atoms with Crippen LogP contribution in [0.4, 0.5) is 14.9 Å². The monoisotopic (exact) mass is 536 g/mol. The van der Waals surface area contributed by atoms with Gasteiger partial charge in [-0.25, -0.2) is 4.39 Å². The molecule has 2 aromatic carbocycles. The molecule has 7 nitrogen and oxygen atoms in total. The fourth-order valence-electron chi connectivity index (χ4n) is 3.01. The first kappa shape index (κ1) is 24.8. The lowest BCUT2D eigenvalue weighted by molar-refractivity contribution is -0.122. The van der Waals surface area contributed by atoms with Crippen molar-refractivity contribution in [2.45, 2.75) is 20.3 Å². The predicted octanol–water partition coefficient (Wildman–Crippen LogP) is 5.45. The molecule has 3 amide bonds. The summed E-state index contributed by atoms with van der Waals surface area (Å²) in [5.41, 5.74) is 1.08. The van der Waals surface area contributed by atoms with Crippen LogP contribution in [0.5, 0.6) is 11.5 Å². The van der Waals surface area contributed by atoms with Crippen LogP contribution in [0.15, 0.2) is 45.8 Å². The highest BCUT2D eigenvalue weighted by Crippen LogP contribution is 2.39. The first-order chi connectivity index (χ1) is 15.8. The van der Waals surface area contributed by atoms with E-state index >= 15 is 0 Å². The summed E-state index contributed by atoms with van der Waals surface area (Å²) in [4.78, 5) is 38.4. The smallest absolute Gasteiger partial charge is 0.293 e. The molecule has 0 aliphatic carbocycles. The van der Waals surface area contributed by atoms with Crippen LogP contribution in [0.2, 0.25) is 0 Å². The zero-order chi connectivity index (χ0) is 24.0. The van der Waals surface area contributed by atoms with Gasteiger partial charge in [0.15, 0.2) is 18.1 Å². The fourth-order valence-corrected chi connectivity index (χ4v) is 4.45. The average Bonchev–Trinajstić information content (AvgIpc) is 3.02. The fraction of sp³-hybridized carbons (Fsp3) is 0.261. The van der Waals surface area contributed by atoms with E-state index in [0.717, 1.165) is 11.8 Å². The lowest BCUT2D eigenvalue weighted by atomic mass is 10.2. The highest BCUT2D eigenvalue weighted by Gasteiger charge is 2.34. The number of amides is 3. The molecule has 2 aromatic rings. The molecule has 3 rings (SSSR count). The molecule has 1 N–H and O–H groups in total. The van der Waals surface area contributed by atoms with Crippen LogP contribution < -0.4 is 14.8 Å². The minimum Gasteiger partial charge on any atom is -0.490 e. The van der Waals surface area contributed by atoms with Crippen molar-refractivity contribution in [1.29, 1.82) is 0 Å². The number of nitrogens with zero attached hydrogens (tertiary/aromatic N) is 1. The summed E-state index contributed by atoms with van der Waals surface area (Å²) in [7, 11) is 0. The largest absolute Gasteiger partial charge is 0.490 e. The maximum atomic E-state index is 13.0. The minimum atomic E-state index is -0.426. The Morgan fingerprint density at radius 3 is 2.58 bits per heavy atom. The summed E-state index contributed by atoms with van der Waals surface area (Å²) in [6, 6.07) is 8.78. The van der Waals surface area contributed by atoms with E-state index in [2.05, 4.69) is 21.2 Å². The number of benzene rings is 2. The Labute approximate surface area is 203 Å². The third-order valence-electron chi connectivity index (χ3n) is 4.43. The van der Waals surface area contributed by atoms with Gasteiger partial charge in [-0.1, -0.05) is 6.92 Å². The van der Waals surface area contributed by atoms with Gasteiger partial charge in [0.25, 0.3) is 17.1 Å². The van der Waals surface area contributed by atoms with Crippen LogP contribution in [0.3, 0.4) is 0 Å². The van der Waals surface area contributed by atoms with E-state index in [4.69, 9.17) is 9.47 Å². The van der Waals surface area contributed by atoms with Crippen LogP contribution in [0.1, 0.15) is 25.8 Å². The topological polar surface area (TPSA) is 84.9 Å². The van der Waals surface area contributed by atoms with E-state index in [9.17, 15) is 18.8 Å². The third-order valence-corrected chi connectivity index (χ3v) is 5.92. The number of anilines is 1. The molecule has 1 fully saturated rings. The van der Waals surface area contributed by atoms with Crippen LogP contribution >= 0.6 is 27.7 Å². The van der Waals surface area contributed by atoms with Gasteiger partial charge in [0, 0.05) is 12.2 Å². The second-order valence-electron chi connectivity index (χ2n) is 6.94. The molecule has 1 saturated heterocycles. The normalized spacial score (nSPS) is 14.7. The van der Waals surface area contributed by atoms with E-state index in [1.165, 1.54) is 29.2 Å². The molecule has 10 heteroatoms. The van der Waals surface area contributed by atoms with Gasteiger partial charge in [-0.3, -0.25) is 19.3 Å². The van der Waals surface area contributed by atoms with E-state index in [-0.39, 0.29) is 17.8 Å². The summed E-state index contributed by atoms with van der Waals surface area (Å²) in [5, 5.41) is 2.33. The summed E-state index contributed by atoms with van der Waals surface area (Å²) < 4.78 is 24.9. The van der Waals surface area contributed by atoms with E-state index < -0.39 is 11.7 Å². The first-order valence-corrected chi connectivity index (χ1v) is 11.8. The lowest BCUT2D eigenvalue weighted by Gasteiger charge is -2.15. The number of nitrogens with one attached hydrogen (secondary N) is 1. The van der Waals surface area contributed by atoms with Crippen LogP contribution in [0, 0.1) is 5.82 Å². The molecule has 0 radical (unpaired) electrons. The van der Waals surface area contributed by atoms with Gasteiger partial charge in [-0.05, 0) is 89.1 Å². The number of rotatable bonds is 9. The summed E-state index contributed by atoms with van der Waals surface area (Å²) in [6.07, 6.45) is 2.31. The van der Waals surface area contributed by atoms with Crippen molar-refractivity contribution >= 4 is 56.5 Å². The van der Waals surface area contributed by atoms with Crippen molar-refractivity contribution in [2.24, 2.45) is 0 Å². The van der Waals surface area contributed by atoms with Gasteiger partial charge in [-0.2, -0.15) is 0 Å². The van der Waals surface area contributed by atoms with Crippen molar-refractivity contribution in [3.05, 3.63) is 57.2 Å². The van der Waals surface area contributed by atoms with Gasteiger partial charge >= 0.3 is 0 Å². The highest BCUT2D eigenvalue weighted by atomic mass is 79.9. The second kappa shape index (κ2) is 11.3. The zero-order valence-corrected chi connectivity index (χ0v) is 20.4. The van der Waals surface area contributed by atoms with Crippen molar-refractivity contribution in [3.63, 3.8) is 0 Å². The van der Waals surface area contributed by atoms with Gasteiger partial charge in [0.2, 0.25) is 0 Å². The number of thioether (sulfide) groups is 1. The number of hydrogen-bond acceptors (Lipinski definition) is 6. The van der Waals surface area contributed by atoms with Gasteiger partial charge in [0.05, 0.1) is 16.0 Å². The third kappa shape index (κ3) is 6.35. The van der Waals surface area contributed by atoms with Crippen molar-refractivity contribution in [1.82, 2.24) is 4.90 Å². The van der Waals surface area contributed by atoms with E-state index in [1.54, 1.807) is 18.2 Å². The Bertz CT molecular complexity index is 1090. The standard InChI is InChI=1S/C23H22BrFN2O5S/c1-3-9-27-22(29)19(33-23(27)30)12-14-10-17(24)21(18(11-14)31-4-2)32-13-20(28)26-16-7-5-15(25)6-8-16/h5-8,10-12H,3-4,9,13H2,1-2H3,(H,26,28)/b19-12+.